The first-order chi connectivity index (χ1) is 16.8. The number of hydrogen-bond acceptors (Lipinski definition) is 7. The number of benzene rings is 2. The number of carbonyl (C=O) groups excluding carboxylic acids is 1. The fourth-order valence-corrected chi connectivity index (χ4v) is 3.90. The van der Waals surface area contributed by atoms with Crippen molar-refractivity contribution in [1.82, 2.24) is 29.5 Å². The predicted octanol–water partition coefficient (Wildman–Crippen LogP) is 4.09. The molecule has 5 aromatic rings. The number of anilines is 1. The molecule has 0 bridgehead atoms. The SMILES string of the molecule is Cc1cc(NC(=O)c2ccccc2[N+](=O)[O-])n(-c2ncnc3c2cnn3-c2cccc(C)c2C)n1. The summed E-state index contributed by atoms with van der Waals surface area (Å²) >= 11 is 0. The van der Waals surface area contributed by atoms with Gasteiger partial charge in [-0.2, -0.15) is 14.9 Å². The molecule has 0 fully saturated rings. The molecule has 1 N–H and O–H groups in total. The molecule has 11 heteroatoms. The number of rotatable bonds is 5. The summed E-state index contributed by atoms with van der Waals surface area (Å²) in [5, 5.41) is 23.7. The van der Waals surface area contributed by atoms with Crippen LogP contribution in [0.25, 0.3) is 22.5 Å². The molecular formula is C24H20N8O3. The van der Waals surface area contributed by atoms with E-state index < -0.39 is 10.8 Å². The van der Waals surface area contributed by atoms with Crippen molar-refractivity contribution in [3.63, 3.8) is 0 Å². The van der Waals surface area contributed by atoms with Crippen molar-refractivity contribution in [3.05, 3.63) is 93.6 Å². The molecule has 0 aliphatic heterocycles. The zero-order chi connectivity index (χ0) is 24.7. The third-order valence-corrected chi connectivity index (χ3v) is 5.77. The number of nitro benzene ring substituents is 1. The number of aryl methyl sites for hydroxylation is 2. The van der Waals surface area contributed by atoms with Gasteiger partial charge in [0.2, 0.25) is 0 Å². The molecule has 35 heavy (non-hydrogen) atoms. The van der Waals surface area contributed by atoms with Crippen molar-refractivity contribution in [2.45, 2.75) is 20.8 Å². The molecule has 174 valence electrons. The first kappa shape index (κ1) is 21.9. The Morgan fingerprint density at radius 2 is 1.83 bits per heavy atom. The summed E-state index contributed by atoms with van der Waals surface area (Å²) < 4.78 is 3.21. The van der Waals surface area contributed by atoms with Gasteiger partial charge >= 0.3 is 0 Å². The average Bonchev–Trinajstić information content (AvgIpc) is 3.44. The third kappa shape index (κ3) is 3.78. The molecule has 0 atom stereocenters. The molecule has 0 aliphatic rings. The van der Waals surface area contributed by atoms with Gasteiger partial charge in [0.05, 0.1) is 27.9 Å². The molecule has 0 aliphatic carbocycles. The number of nitrogens with zero attached hydrogens (tertiary/aromatic N) is 7. The Morgan fingerprint density at radius 3 is 2.63 bits per heavy atom. The maximum Gasteiger partial charge on any atom is 0.282 e. The van der Waals surface area contributed by atoms with E-state index in [1.54, 1.807) is 29.9 Å². The van der Waals surface area contributed by atoms with Crippen LogP contribution >= 0.6 is 0 Å². The molecule has 0 saturated carbocycles. The summed E-state index contributed by atoms with van der Waals surface area (Å²) in [6, 6.07) is 13.4. The molecule has 2 aromatic carbocycles. The van der Waals surface area contributed by atoms with Gasteiger partial charge in [0, 0.05) is 12.1 Å². The van der Waals surface area contributed by atoms with Gasteiger partial charge in [0.1, 0.15) is 17.7 Å². The normalized spacial score (nSPS) is 11.1. The molecule has 5 rings (SSSR count). The molecule has 1 amide bonds. The van der Waals surface area contributed by atoms with E-state index in [4.69, 9.17) is 0 Å². The topological polar surface area (TPSA) is 134 Å². The molecular weight excluding hydrogens is 448 g/mol. The highest BCUT2D eigenvalue weighted by molar-refractivity contribution is 6.06. The fraction of sp³-hybridized carbons (Fsp3) is 0.125. The number of nitro groups is 1. The standard InChI is InChI=1S/C24H20N8O3/c1-14-7-6-10-19(16(14)3)30-22-18(12-27-30)23(26-13-25-22)31-21(11-15(2)29-31)28-24(33)17-8-4-5-9-20(17)32(34)35/h4-13H,1-3H3,(H,28,33). The largest absolute Gasteiger partial charge is 0.306 e. The Bertz CT molecular complexity index is 1620. The lowest BCUT2D eigenvalue weighted by molar-refractivity contribution is -0.385. The van der Waals surface area contributed by atoms with Crippen LogP contribution in [-0.4, -0.2) is 40.4 Å². The minimum absolute atomic E-state index is 0.0570. The van der Waals surface area contributed by atoms with Crippen LogP contribution in [0.2, 0.25) is 0 Å². The third-order valence-electron chi connectivity index (χ3n) is 5.77. The average molecular weight is 468 g/mol. The van der Waals surface area contributed by atoms with Crippen LogP contribution in [0.1, 0.15) is 27.2 Å². The van der Waals surface area contributed by atoms with Crippen molar-refractivity contribution < 1.29 is 9.72 Å². The van der Waals surface area contributed by atoms with E-state index in [2.05, 4.69) is 25.5 Å². The highest BCUT2D eigenvalue weighted by atomic mass is 16.6. The molecule has 0 saturated heterocycles. The molecule has 3 aromatic heterocycles. The van der Waals surface area contributed by atoms with Crippen molar-refractivity contribution in [2.75, 3.05) is 5.32 Å². The van der Waals surface area contributed by atoms with Crippen molar-refractivity contribution in [3.8, 4) is 11.5 Å². The number of hydrogen-bond donors (Lipinski definition) is 1. The first-order valence-electron chi connectivity index (χ1n) is 10.7. The Kier molecular flexibility index (Phi) is 5.28. The second-order valence-electron chi connectivity index (χ2n) is 8.02. The van der Waals surface area contributed by atoms with Gasteiger partial charge in [-0.05, 0) is 44.0 Å². The smallest absolute Gasteiger partial charge is 0.282 e. The maximum atomic E-state index is 12.9. The Morgan fingerprint density at radius 1 is 1.03 bits per heavy atom. The van der Waals surface area contributed by atoms with Crippen LogP contribution in [0.15, 0.2) is 61.1 Å². The molecule has 0 unspecified atom stereocenters. The van der Waals surface area contributed by atoms with Gasteiger partial charge in [-0.1, -0.05) is 24.3 Å². The van der Waals surface area contributed by atoms with Crippen molar-refractivity contribution >= 4 is 28.4 Å². The van der Waals surface area contributed by atoms with E-state index in [0.29, 0.717) is 28.4 Å². The monoisotopic (exact) mass is 468 g/mol. The van der Waals surface area contributed by atoms with Crippen LogP contribution in [0, 0.1) is 30.9 Å². The summed E-state index contributed by atoms with van der Waals surface area (Å²) in [7, 11) is 0. The van der Waals surface area contributed by atoms with Gasteiger partial charge in [-0.15, -0.1) is 0 Å². The fourth-order valence-electron chi connectivity index (χ4n) is 3.90. The predicted molar refractivity (Wildman–Crippen MR) is 129 cm³/mol. The lowest BCUT2D eigenvalue weighted by atomic mass is 10.1. The van der Waals surface area contributed by atoms with Crippen LogP contribution < -0.4 is 5.32 Å². The highest BCUT2D eigenvalue weighted by Crippen LogP contribution is 2.27. The Hall–Kier alpha value is -4.93. The number of carbonyl (C=O) groups is 1. The molecule has 11 nitrogen and oxygen atoms in total. The molecule has 3 heterocycles. The van der Waals surface area contributed by atoms with E-state index in [1.807, 2.05) is 32.0 Å². The summed E-state index contributed by atoms with van der Waals surface area (Å²) in [5.41, 5.74) is 3.95. The number of aromatic nitrogens is 6. The minimum Gasteiger partial charge on any atom is -0.306 e. The lowest BCUT2D eigenvalue weighted by Gasteiger charge is -2.11. The zero-order valence-corrected chi connectivity index (χ0v) is 19.1. The van der Waals surface area contributed by atoms with Crippen LogP contribution in [0.5, 0.6) is 0 Å². The van der Waals surface area contributed by atoms with E-state index in [9.17, 15) is 14.9 Å². The second-order valence-corrected chi connectivity index (χ2v) is 8.02. The van der Waals surface area contributed by atoms with Gasteiger partial charge in [-0.25, -0.2) is 14.6 Å². The van der Waals surface area contributed by atoms with Crippen LogP contribution in [0.3, 0.4) is 0 Å². The number of nitrogens with one attached hydrogen (secondary N) is 1. The second kappa shape index (κ2) is 8.45. The minimum atomic E-state index is -0.630. The Balaban J connectivity index is 1.59. The van der Waals surface area contributed by atoms with Crippen LogP contribution in [0.4, 0.5) is 11.5 Å². The quantitative estimate of drug-likeness (QED) is 0.303. The van der Waals surface area contributed by atoms with Crippen molar-refractivity contribution in [1.29, 1.82) is 0 Å². The molecule has 0 spiro atoms. The maximum absolute atomic E-state index is 12.9. The summed E-state index contributed by atoms with van der Waals surface area (Å²) in [5.74, 6) is 0.0949. The van der Waals surface area contributed by atoms with Crippen LogP contribution in [-0.2, 0) is 0 Å². The first-order valence-corrected chi connectivity index (χ1v) is 10.7. The summed E-state index contributed by atoms with van der Waals surface area (Å²) in [6.07, 6.45) is 3.06. The summed E-state index contributed by atoms with van der Waals surface area (Å²) in [4.78, 5) is 32.6. The number of amides is 1. The van der Waals surface area contributed by atoms with Gasteiger partial charge < -0.3 is 5.32 Å². The van der Waals surface area contributed by atoms with E-state index in [-0.39, 0.29) is 11.3 Å². The lowest BCUT2D eigenvalue weighted by Crippen LogP contribution is -2.17. The Labute approximate surface area is 199 Å². The van der Waals surface area contributed by atoms with Gasteiger partial charge in [-0.3, -0.25) is 14.9 Å². The van der Waals surface area contributed by atoms with Gasteiger partial charge in [0.25, 0.3) is 11.6 Å². The summed E-state index contributed by atoms with van der Waals surface area (Å²) in [6.45, 7) is 5.83. The number of para-hydroxylation sites is 1. The van der Waals surface area contributed by atoms with Gasteiger partial charge in [0.15, 0.2) is 11.5 Å². The van der Waals surface area contributed by atoms with E-state index in [0.717, 1.165) is 16.8 Å². The van der Waals surface area contributed by atoms with E-state index >= 15 is 0 Å². The zero-order valence-electron chi connectivity index (χ0n) is 19.1. The van der Waals surface area contributed by atoms with Crippen molar-refractivity contribution in [2.24, 2.45) is 0 Å². The van der Waals surface area contributed by atoms with E-state index in [1.165, 1.54) is 29.2 Å². The highest BCUT2D eigenvalue weighted by Gasteiger charge is 2.22. The molecule has 0 radical (unpaired) electrons. The number of fused-ring (bicyclic) bond motifs is 1.